The molecule has 336 valence electrons. The normalized spacial score (nSPS) is 33.8. The SMILES string of the molecule is CNc1nc(CC2C3CCC2CN(c2cnnc(OC)c2)C3)nc2c1C(C)(C)CN2C12CC(C(F)(F)F)(C1)C2.CNc1nc(Cl)nc2c1C(C)(C)CN2C12CC(C(F)(F)F)(C1)C2. The smallest absolute Gasteiger partial charge is 0.394 e. The number of ether oxygens (including phenoxy) is 1. The lowest BCUT2D eigenvalue weighted by Crippen LogP contribution is -2.79. The molecule has 62 heavy (non-hydrogen) atoms. The van der Waals surface area contributed by atoms with E-state index in [1.807, 2.05) is 18.0 Å². The van der Waals surface area contributed by atoms with E-state index in [9.17, 15) is 26.3 Å². The van der Waals surface area contributed by atoms with Crippen molar-refractivity contribution in [2.45, 2.75) is 120 Å². The molecule has 13 rings (SSSR count). The third kappa shape index (κ3) is 5.91. The van der Waals surface area contributed by atoms with Crippen molar-refractivity contribution in [2.75, 3.05) is 72.7 Å². The number of hydrogen-bond donors (Lipinski definition) is 2. The van der Waals surface area contributed by atoms with Crippen molar-refractivity contribution in [1.82, 2.24) is 30.1 Å². The van der Waals surface area contributed by atoms with Crippen LogP contribution >= 0.6 is 11.6 Å². The third-order valence-electron chi connectivity index (χ3n) is 16.2. The van der Waals surface area contributed by atoms with E-state index in [1.54, 1.807) is 20.4 Å². The number of methoxy groups -OCH3 is 1. The molecule has 6 bridgehead atoms. The second kappa shape index (κ2) is 13.2. The molecule has 12 nitrogen and oxygen atoms in total. The number of alkyl halides is 6. The van der Waals surface area contributed by atoms with Crippen LogP contribution in [0.2, 0.25) is 5.28 Å². The van der Waals surface area contributed by atoms with E-state index in [4.69, 9.17) is 26.3 Å². The van der Waals surface area contributed by atoms with Crippen LogP contribution in [-0.2, 0) is 17.3 Å². The Bertz CT molecular complexity index is 2270. The zero-order valence-electron chi connectivity index (χ0n) is 36.2. The van der Waals surface area contributed by atoms with Crippen LogP contribution in [0.1, 0.15) is 96.0 Å². The number of nitrogens with zero attached hydrogens (tertiary/aromatic N) is 9. The Morgan fingerprint density at radius 2 is 1.23 bits per heavy atom. The van der Waals surface area contributed by atoms with Crippen molar-refractivity contribution < 1.29 is 31.1 Å². The predicted octanol–water partition coefficient (Wildman–Crippen LogP) is 8.36. The Hall–Kier alpha value is -4.09. The fraction of sp³-hybridized carbons (Fsp3) is 0.721. The van der Waals surface area contributed by atoms with Gasteiger partial charge in [-0.3, -0.25) is 0 Å². The highest BCUT2D eigenvalue weighted by molar-refractivity contribution is 6.28. The van der Waals surface area contributed by atoms with Gasteiger partial charge in [0.05, 0.1) is 29.8 Å². The van der Waals surface area contributed by atoms with Crippen LogP contribution in [0, 0.1) is 28.6 Å². The zero-order valence-corrected chi connectivity index (χ0v) is 36.9. The first-order valence-electron chi connectivity index (χ1n) is 21.7. The number of nitrogens with one attached hydrogen (secondary N) is 2. The molecule has 0 aromatic carbocycles. The summed E-state index contributed by atoms with van der Waals surface area (Å²) >= 11 is 6.02. The summed E-state index contributed by atoms with van der Waals surface area (Å²) < 4.78 is 85.6. The van der Waals surface area contributed by atoms with Gasteiger partial charge in [0.15, 0.2) is 0 Å². The maximum Gasteiger partial charge on any atom is 0.394 e. The summed E-state index contributed by atoms with van der Waals surface area (Å²) in [6, 6.07) is 1.94. The molecule has 1 saturated heterocycles. The van der Waals surface area contributed by atoms with Crippen LogP contribution < -0.4 is 30.1 Å². The summed E-state index contributed by atoms with van der Waals surface area (Å²) in [5.74, 6) is 5.87. The molecule has 0 radical (unpaired) electrons. The average molecular weight is 890 g/mol. The number of anilines is 5. The molecule has 2 N–H and O–H groups in total. The minimum Gasteiger partial charge on any atom is -0.480 e. The number of halogens is 7. The van der Waals surface area contributed by atoms with E-state index in [1.165, 1.54) is 12.8 Å². The number of fused-ring (bicyclic) bond motifs is 4. The molecule has 19 heteroatoms. The van der Waals surface area contributed by atoms with Gasteiger partial charge in [0.1, 0.15) is 29.1 Å². The summed E-state index contributed by atoms with van der Waals surface area (Å²) in [5, 5.41) is 14.6. The van der Waals surface area contributed by atoms with Crippen LogP contribution in [0.15, 0.2) is 12.3 Å². The monoisotopic (exact) mass is 889 g/mol. The summed E-state index contributed by atoms with van der Waals surface area (Å²) in [6.07, 6.45) is -2.25. The maximum atomic E-state index is 13.7. The Labute approximate surface area is 362 Å². The topological polar surface area (TPSA) is 120 Å². The fourth-order valence-electron chi connectivity index (χ4n) is 13.2. The molecule has 0 amide bonds. The molecule has 8 fully saturated rings. The van der Waals surface area contributed by atoms with E-state index in [0.29, 0.717) is 48.4 Å². The van der Waals surface area contributed by atoms with Crippen molar-refractivity contribution in [3.63, 3.8) is 0 Å². The van der Waals surface area contributed by atoms with E-state index in [0.717, 1.165) is 53.8 Å². The first kappa shape index (κ1) is 41.9. The van der Waals surface area contributed by atoms with Crippen molar-refractivity contribution >= 4 is 40.6 Å². The van der Waals surface area contributed by atoms with Gasteiger partial charge in [-0.25, -0.2) is 19.9 Å². The van der Waals surface area contributed by atoms with Gasteiger partial charge in [0.2, 0.25) is 11.2 Å². The molecule has 7 saturated carbocycles. The van der Waals surface area contributed by atoms with E-state index in [-0.39, 0.29) is 54.6 Å². The number of aromatic nitrogens is 6. The van der Waals surface area contributed by atoms with Gasteiger partial charge in [-0.1, -0.05) is 27.7 Å². The number of piperidine rings is 1. The molecule has 2 unspecified atom stereocenters. The molecule has 7 aliphatic carbocycles. The van der Waals surface area contributed by atoms with Gasteiger partial charge in [0, 0.05) is 85.8 Å². The maximum absolute atomic E-state index is 13.7. The minimum absolute atomic E-state index is 0.118. The second-order valence-corrected chi connectivity index (χ2v) is 21.4. The van der Waals surface area contributed by atoms with Gasteiger partial charge >= 0.3 is 12.4 Å². The summed E-state index contributed by atoms with van der Waals surface area (Å²) in [5.41, 5.74) is -1.25. The van der Waals surface area contributed by atoms with Crippen molar-refractivity contribution in [2.24, 2.45) is 28.6 Å². The lowest BCUT2D eigenvalue weighted by molar-refractivity contribution is -0.332. The van der Waals surface area contributed by atoms with Crippen molar-refractivity contribution in [1.29, 1.82) is 0 Å². The largest absolute Gasteiger partial charge is 0.480 e. The minimum atomic E-state index is -4.12. The predicted molar refractivity (Wildman–Crippen MR) is 223 cm³/mol. The van der Waals surface area contributed by atoms with E-state index < -0.39 is 34.3 Å². The quantitative estimate of drug-likeness (QED) is 0.167. The van der Waals surface area contributed by atoms with Crippen LogP contribution in [0.5, 0.6) is 5.88 Å². The molecular weight excluding hydrogens is 836 g/mol. The van der Waals surface area contributed by atoms with E-state index in [2.05, 4.69) is 68.3 Å². The standard InChI is InChI=1S/C28H36F3N7O.C15H18ClF3N4/c1-25(2)15-38(27-12-26(13-27,14-27)28(29,30)31)24-22(25)23(32-3)34-20(35-24)8-19-16-5-6-17(19)11-37(10-16)18-7-21(39-4)36-33-9-18;1-12(2)7-23(10-8(12)9(20-3)21-11(16)22-10)14-4-13(5-14,6-14)15(17,18)19/h7,9,16-17,19H,5-6,8,10-15H2,1-4H3,(H,32,34,35);4-7H2,1-3H3,(H,20,21,22). The summed E-state index contributed by atoms with van der Waals surface area (Å²) in [4.78, 5) is 25.4. The van der Waals surface area contributed by atoms with Crippen molar-refractivity contribution in [3.8, 4) is 5.88 Å². The first-order valence-corrected chi connectivity index (χ1v) is 22.0. The summed E-state index contributed by atoms with van der Waals surface area (Å²) in [7, 11) is 5.24. The molecule has 6 heterocycles. The van der Waals surface area contributed by atoms with Crippen molar-refractivity contribution in [3.05, 3.63) is 34.5 Å². The summed E-state index contributed by atoms with van der Waals surface area (Å²) in [6.45, 7) is 11.6. The van der Waals surface area contributed by atoms with Crippen LogP contribution in [0.3, 0.4) is 0 Å². The third-order valence-corrected chi connectivity index (χ3v) is 16.4. The molecule has 3 aliphatic heterocycles. The molecule has 3 aromatic rings. The highest BCUT2D eigenvalue weighted by Crippen LogP contribution is 2.78. The lowest BCUT2D eigenvalue weighted by Gasteiger charge is -2.73. The van der Waals surface area contributed by atoms with Crippen LogP contribution in [0.25, 0.3) is 0 Å². The van der Waals surface area contributed by atoms with Gasteiger partial charge in [-0.15, -0.1) is 5.10 Å². The zero-order chi connectivity index (χ0) is 44.2. The Balaban J connectivity index is 0.000000169. The fourth-order valence-corrected chi connectivity index (χ4v) is 13.4. The molecule has 2 atom stereocenters. The second-order valence-electron chi connectivity index (χ2n) is 21.1. The average Bonchev–Trinajstić information content (AvgIpc) is 3.63. The Morgan fingerprint density at radius 3 is 1.69 bits per heavy atom. The van der Waals surface area contributed by atoms with Gasteiger partial charge < -0.3 is 30.1 Å². The number of hydrogen-bond acceptors (Lipinski definition) is 12. The van der Waals surface area contributed by atoms with Gasteiger partial charge in [-0.2, -0.15) is 31.4 Å². The Kier molecular flexibility index (Phi) is 8.95. The van der Waals surface area contributed by atoms with Crippen LogP contribution in [0.4, 0.5) is 55.3 Å². The van der Waals surface area contributed by atoms with Gasteiger partial charge in [0.25, 0.3) is 0 Å². The highest BCUT2D eigenvalue weighted by atomic mass is 35.5. The van der Waals surface area contributed by atoms with Gasteiger partial charge in [-0.05, 0) is 80.7 Å². The molecular formula is C43H54ClF6N11O. The molecule has 10 aliphatic rings. The molecule has 0 spiro atoms. The molecule has 3 aromatic heterocycles. The van der Waals surface area contributed by atoms with Crippen LogP contribution in [-0.4, -0.2) is 101 Å². The number of rotatable bonds is 8. The highest BCUT2D eigenvalue weighted by Gasteiger charge is 2.82. The first-order chi connectivity index (χ1) is 29.0. The van der Waals surface area contributed by atoms with E-state index >= 15 is 0 Å². The lowest BCUT2D eigenvalue weighted by atomic mass is 9.38. The Morgan fingerprint density at radius 1 is 0.742 bits per heavy atom.